The van der Waals surface area contributed by atoms with Crippen molar-refractivity contribution in [2.24, 2.45) is 0 Å². The zero-order valence-electron chi connectivity index (χ0n) is 11.7. The van der Waals surface area contributed by atoms with Gasteiger partial charge in [-0.1, -0.05) is 0 Å². The molecule has 0 aliphatic rings. The van der Waals surface area contributed by atoms with Gasteiger partial charge in [0.05, 0.1) is 6.61 Å². The highest BCUT2D eigenvalue weighted by Gasteiger charge is 2.19. The molecule has 0 unspecified atom stereocenters. The van der Waals surface area contributed by atoms with E-state index < -0.39 is 8.32 Å². The highest BCUT2D eigenvalue weighted by molar-refractivity contribution is 6.71. The minimum Gasteiger partial charge on any atom is -0.466 e. The highest BCUT2D eigenvalue weighted by Crippen LogP contribution is 2.11. The second kappa shape index (κ2) is 9.62. The van der Waals surface area contributed by atoms with Crippen molar-refractivity contribution < 1.29 is 14.0 Å². The number of rotatable bonds is 10. The Bertz CT molecular complexity index is 210. The van der Waals surface area contributed by atoms with Crippen LogP contribution in [0.4, 0.5) is 0 Å². The summed E-state index contributed by atoms with van der Waals surface area (Å²) in [5.41, 5.74) is 0. The lowest BCUT2D eigenvalue weighted by Gasteiger charge is -2.19. The van der Waals surface area contributed by atoms with Crippen molar-refractivity contribution in [3.8, 4) is 0 Å². The van der Waals surface area contributed by atoms with Crippen LogP contribution in [0.5, 0.6) is 0 Å². The number of hydrogen-bond acceptors (Lipinski definition) is 4. The zero-order chi connectivity index (χ0) is 13.1. The van der Waals surface area contributed by atoms with Crippen LogP contribution in [0.3, 0.4) is 0 Å². The van der Waals surface area contributed by atoms with Gasteiger partial charge in [0.15, 0.2) is 8.32 Å². The fraction of sp³-hybridized carbons (Fsp3) is 0.917. The molecule has 0 aromatic carbocycles. The summed E-state index contributed by atoms with van der Waals surface area (Å²) in [6.45, 7) is 8.65. The van der Waals surface area contributed by atoms with E-state index in [0.29, 0.717) is 13.0 Å². The molecule has 0 rings (SSSR count). The van der Waals surface area contributed by atoms with Gasteiger partial charge in [-0.25, -0.2) is 0 Å². The van der Waals surface area contributed by atoms with Crippen molar-refractivity contribution in [2.75, 3.05) is 26.8 Å². The fourth-order valence-corrected chi connectivity index (χ4v) is 2.69. The van der Waals surface area contributed by atoms with Crippen LogP contribution in [0.25, 0.3) is 0 Å². The number of esters is 1. The van der Waals surface area contributed by atoms with Crippen molar-refractivity contribution >= 4 is 14.3 Å². The second-order valence-corrected chi connectivity index (χ2v) is 9.15. The van der Waals surface area contributed by atoms with Gasteiger partial charge in [-0.3, -0.25) is 4.79 Å². The van der Waals surface area contributed by atoms with Crippen molar-refractivity contribution in [1.29, 1.82) is 0 Å². The SMILES string of the molecule is CCOC(=O)CCCNCCC[Si](C)(C)OC. The first-order valence-electron chi connectivity index (χ1n) is 6.43. The summed E-state index contributed by atoms with van der Waals surface area (Å²) in [7, 11) is 0.416. The van der Waals surface area contributed by atoms with Gasteiger partial charge in [0.2, 0.25) is 0 Å². The average molecular weight is 261 g/mol. The van der Waals surface area contributed by atoms with Crippen LogP contribution in [-0.2, 0) is 14.0 Å². The van der Waals surface area contributed by atoms with E-state index in [2.05, 4.69) is 18.4 Å². The molecule has 0 aliphatic carbocycles. The summed E-state index contributed by atoms with van der Waals surface area (Å²) in [6, 6.07) is 1.17. The van der Waals surface area contributed by atoms with Crippen molar-refractivity contribution in [2.45, 2.75) is 45.3 Å². The van der Waals surface area contributed by atoms with Crippen LogP contribution in [0, 0.1) is 0 Å². The van der Waals surface area contributed by atoms with Gasteiger partial charge >= 0.3 is 5.97 Å². The maximum Gasteiger partial charge on any atom is 0.305 e. The summed E-state index contributed by atoms with van der Waals surface area (Å²) < 4.78 is 10.3. The van der Waals surface area contributed by atoms with E-state index in [1.54, 1.807) is 7.11 Å². The van der Waals surface area contributed by atoms with E-state index in [1.165, 1.54) is 6.04 Å². The monoisotopic (exact) mass is 261 g/mol. The molecule has 5 heteroatoms. The molecule has 0 spiro atoms. The number of nitrogens with one attached hydrogen (secondary N) is 1. The number of hydrogen-bond donors (Lipinski definition) is 1. The lowest BCUT2D eigenvalue weighted by atomic mass is 10.3. The van der Waals surface area contributed by atoms with Crippen LogP contribution < -0.4 is 5.32 Å². The molecule has 0 saturated carbocycles. The summed E-state index contributed by atoms with van der Waals surface area (Å²) >= 11 is 0. The molecule has 102 valence electrons. The van der Waals surface area contributed by atoms with Gasteiger partial charge in [0, 0.05) is 13.5 Å². The maximum absolute atomic E-state index is 11.0. The lowest BCUT2D eigenvalue weighted by molar-refractivity contribution is -0.143. The molecule has 0 radical (unpaired) electrons. The van der Waals surface area contributed by atoms with Crippen molar-refractivity contribution in [1.82, 2.24) is 5.32 Å². The van der Waals surface area contributed by atoms with Gasteiger partial charge < -0.3 is 14.5 Å². The summed E-state index contributed by atoms with van der Waals surface area (Å²) in [5.74, 6) is -0.0952. The van der Waals surface area contributed by atoms with Gasteiger partial charge in [-0.2, -0.15) is 0 Å². The molecule has 0 heterocycles. The Balaban J connectivity index is 3.27. The van der Waals surface area contributed by atoms with E-state index in [9.17, 15) is 4.79 Å². The van der Waals surface area contributed by atoms with E-state index in [-0.39, 0.29) is 5.97 Å². The summed E-state index contributed by atoms with van der Waals surface area (Å²) in [4.78, 5) is 11.0. The molecule has 0 atom stereocenters. The topological polar surface area (TPSA) is 47.6 Å². The first kappa shape index (κ1) is 16.6. The molecule has 17 heavy (non-hydrogen) atoms. The Hall–Kier alpha value is -0.393. The van der Waals surface area contributed by atoms with Crippen LogP contribution in [0.1, 0.15) is 26.2 Å². The molecule has 0 saturated heterocycles. The van der Waals surface area contributed by atoms with Crippen molar-refractivity contribution in [3.05, 3.63) is 0 Å². The molecule has 0 bridgehead atoms. The first-order valence-corrected chi connectivity index (χ1v) is 9.55. The standard InChI is InChI=1S/C12H27NO3Si/c1-5-16-12(14)8-6-9-13-10-7-11-17(3,4)15-2/h13H,5-11H2,1-4H3. The third kappa shape index (κ3) is 10.5. The Morgan fingerprint density at radius 3 is 2.47 bits per heavy atom. The van der Waals surface area contributed by atoms with Gasteiger partial charge in [0.25, 0.3) is 0 Å². The van der Waals surface area contributed by atoms with Gasteiger partial charge in [-0.05, 0) is 52.0 Å². The zero-order valence-corrected chi connectivity index (χ0v) is 12.7. The molecule has 0 aromatic heterocycles. The third-order valence-corrected chi connectivity index (χ3v) is 5.39. The van der Waals surface area contributed by atoms with E-state index >= 15 is 0 Å². The van der Waals surface area contributed by atoms with E-state index in [1.807, 2.05) is 6.92 Å². The molecular formula is C12H27NO3Si. The molecule has 0 aliphatic heterocycles. The average Bonchev–Trinajstić information content (AvgIpc) is 2.28. The predicted octanol–water partition coefficient (Wildman–Crippen LogP) is 2.16. The van der Waals surface area contributed by atoms with E-state index in [4.69, 9.17) is 9.16 Å². The van der Waals surface area contributed by atoms with Crippen LogP contribution >= 0.6 is 0 Å². The Labute approximate surface area is 106 Å². The van der Waals surface area contributed by atoms with E-state index in [0.717, 1.165) is 25.9 Å². The summed E-state index contributed by atoms with van der Waals surface area (Å²) in [6.07, 6.45) is 2.51. The Morgan fingerprint density at radius 1 is 1.24 bits per heavy atom. The quantitative estimate of drug-likeness (QED) is 0.372. The fourth-order valence-electron chi connectivity index (χ4n) is 1.46. The van der Waals surface area contributed by atoms with Crippen LogP contribution in [0.2, 0.25) is 19.1 Å². The largest absolute Gasteiger partial charge is 0.466 e. The minimum atomic E-state index is -1.39. The highest BCUT2D eigenvalue weighted by atomic mass is 28.4. The lowest BCUT2D eigenvalue weighted by Crippen LogP contribution is -2.29. The molecular weight excluding hydrogens is 234 g/mol. The predicted molar refractivity (Wildman–Crippen MR) is 72.7 cm³/mol. The maximum atomic E-state index is 11.0. The Morgan fingerprint density at radius 2 is 1.88 bits per heavy atom. The minimum absolute atomic E-state index is 0.0952. The smallest absolute Gasteiger partial charge is 0.305 e. The normalized spacial score (nSPS) is 11.5. The molecule has 0 amide bonds. The van der Waals surface area contributed by atoms with Gasteiger partial charge in [0.1, 0.15) is 0 Å². The summed E-state index contributed by atoms with van der Waals surface area (Å²) in [5, 5.41) is 3.34. The number of ether oxygens (including phenoxy) is 1. The Kier molecular flexibility index (Phi) is 9.40. The second-order valence-electron chi connectivity index (χ2n) is 4.73. The van der Waals surface area contributed by atoms with Crippen molar-refractivity contribution in [3.63, 3.8) is 0 Å². The first-order chi connectivity index (χ1) is 8.02. The van der Waals surface area contributed by atoms with Crippen LogP contribution in [0.15, 0.2) is 0 Å². The number of carbonyl (C=O) groups is 1. The number of carbonyl (C=O) groups excluding carboxylic acids is 1. The molecule has 4 nitrogen and oxygen atoms in total. The van der Waals surface area contributed by atoms with Gasteiger partial charge in [-0.15, -0.1) is 0 Å². The molecule has 0 aromatic rings. The molecule has 0 fully saturated rings. The third-order valence-electron chi connectivity index (χ3n) is 2.72. The molecule has 1 N–H and O–H groups in total. The van der Waals surface area contributed by atoms with Crippen LogP contribution in [-0.4, -0.2) is 41.1 Å².